The number of hydrogen-bond donors (Lipinski definition) is 2. The largest absolute Gasteiger partial charge is 0.457 e. The Hall–Kier alpha value is -3.69. The summed E-state index contributed by atoms with van der Waals surface area (Å²) in [4.78, 5) is 35.4. The zero-order chi connectivity index (χ0) is 24.5. The number of aliphatic hydroxyl groups excluding tert-OH is 1. The third-order valence-electron chi connectivity index (χ3n) is 4.95. The number of nitrogens with two attached hydrogens (primary N) is 1. The average Bonchev–Trinajstić information content (AvgIpc) is 2.84. The van der Waals surface area contributed by atoms with Crippen LogP contribution in [0.5, 0.6) is 11.5 Å². The van der Waals surface area contributed by atoms with E-state index in [-0.39, 0.29) is 30.5 Å². The third kappa shape index (κ3) is 6.43. The van der Waals surface area contributed by atoms with Crippen molar-refractivity contribution < 1.29 is 19.4 Å². The van der Waals surface area contributed by atoms with E-state index in [1.807, 2.05) is 18.2 Å². The van der Waals surface area contributed by atoms with Gasteiger partial charge in [0.1, 0.15) is 23.1 Å². The van der Waals surface area contributed by atoms with Gasteiger partial charge in [-0.1, -0.05) is 30.3 Å². The zero-order valence-electron chi connectivity index (χ0n) is 19.0. The summed E-state index contributed by atoms with van der Waals surface area (Å²) in [6.45, 7) is 3.40. The number of anilines is 1. The predicted octanol–water partition coefficient (Wildman–Crippen LogP) is 4.31. The first-order valence-corrected chi connectivity index (χ1v) is 11.4. The van der Waals surface area contributed by atoms with Crippen LogP contribution in [-0.4, -0.2) is 38.1 Å². The minimum Gasteiger partial charge on any atom is -0.457 e. The van der Waals surface area contributed by atoms with Crippen molar-refractivity contribution in [3.8, 4) is 11.5 Å². The molecule has 0 aliphatic carbocycles. The Morgan fingerprint density at radius 3 is 2.56 bits per heavy atom. The Morgan fingerprint density at radius 1 is 1.18 bits per heavy atom. The number of hydrogen-bond acceptors (Lipinski definition) is 8. The third-order valence-corrected chi connectivity index (χ3v) is 6.10. The molecule has 0 atom stereocenters. The number of rotatable bonds is 10. The number of nitrogens with zero attached hydrogens (tertiary/aromatic N) is 3. The SMILES string of the molecule is C/C(=C(\CCO)SC(=O)c1ccccc1Oc1ccccc1)N(C=O)Cc1cnc(C)nc1N. The highest BCUT2D eigenvalue weighted by Crippen LogP contribution is 2.33. The van der Waals surface area contributed by atoms with Gasteiger partial charge in [-0.15, -0.1) is 0 Å². The maximum Gasteiger partial charge on any atom is 0.227 e. The number of aliphatic hydroxyl groups is 1. The molecule has 0 radical (unpaired) electrons. The molecule has 9 heteroatoms. The predicted molar refractivity (Wildman–Crippen MR) is 132 cm³/mol. The first-order chi connectivity index (χ1) is 16.4. The molecule has 0 saturated heterocycles. The molecule has 1 amide bonds. The number of nitrogen functional groups attached to an aromatic ring is 1. The molecule has 0 aliphatic rings. The van der Waals surface area contributed by atoms with Gasteiger partial charge >= 0.3 is 0 Å². The number of thioether (sulfide) groups is 1. The number of amides is 1. The van der Waals surface area contributed by atoms with E-state index in [2.05, 4.69) is 9.97 Å². The molecular weight excluding hydrogens is 452 g/mol. The standard InChI is InChI=1S/C25H26N4O4S/c1-17(29(16-31)15-19-14-27-18(2)28-24(19)26)23(12-13-30)34-25(32)21-10-6-7-11-22(21)33-20-8-4-3-5-9-20/h3-11,14,16,30H,12-13,15H2,1-2H3,(H2,26,27,28)/b23-17-. The van der Waals surface area contributed by atoms with Crippen LogP contribution in [0.15, 0.2) is 71.4 Å². The van der Waals surface area contributed by atoms with Gasteiger partial charge in [-0.2, -0.15) is 0 Å². The minimum atomic E-state index is -0.265. The minimum absolute atomic E-state index is 0.138. The molecule has 34 heavy (non-hydrogen) atoms. The van der Waals surface area contributed by atoms with Crippen molar-refractivity contribution in [2.24, 2.45) is 0 Å². The van der Waals surface area contributed by atoms with Gasteiger partial charge in [-0.05, 0) is 49.9 Å². The molecule has 0 saturated carbocycles. The van der Waals surface area contributed by atoms with E-state index in [0.717, 1.165) is 11.8 Å². The Bertz CT molecular complexity index is 1180. The Kier molecular flexibility index (Phi) is 8.78. The summed E-state index contributed by atoms with van der Waals surface area (Å²) in [6, 6.07) is 16.1. The number of ether oxygens (including phenoxy) is 1. The highest BCUT2D eigenvalue weighted by Gasteiger charge is 2.20. The molecule has 0 unspecified atom stereocenters. The summed E-state index contributed by atoms with van der Waals surface area (Å²) in [7, 11) is 0. The van der Waals surface area contributed by atoms with Crippen molar-refractivity contribution in [3.63, 3.8) is 0 Å². The van der Waals surface area contributed by atoms with E-state index in [9.17, 15) is 14.7 Å². The topological polar surface area (TPSA) is 119 Å². The van der Waals surface area contributed by atoms with Crippen LogP contribution in [0.1, 0.15) is 35.1 Å². The second-order valence-electron chi connectivity index (χ2n) is 7.34. The highest BCUT2D eigenvalue weighted by molar-refractivity contribution is 8.17. The number of carbonyl (C=O) groups is 2. The van der Waals surface area contributed by atoms with Gasteiger partial charge in [-0.3, -0.25) is 9.59 Å². The molecule has 0 fully saturated rings. The lowest BCUT2D eigenvalue weighted by Gasteiger charge is -2.22. The number of aromatic nitrogens is 2. The second kappa shape index (κ2) is 12.0. The smallest absolute Gasteiger partial charge is 0.227 e. The molecule has 3 N–H and O–H groups in total. The Balaban J connectivity index is 1.85. The maximum atomic E-state index is 13.2. The highest BCUT2D eigenvalue weighted by atomic mass is 32.2. The van der Waals surface area contributed by atoms with Crippen LogP contribution in [0.25, 0.3) is 0 Å². The number of allylic oxidation sites excluding steroid dienone is 1. The van der Waals surface area contributed by atoms with Crippen LogP contribution >= 0.6 is 11.8 Å². The van der Waals surface area contributed by atoms with Crippen molar-refractivity contribution in [3.05, 3.63) is 88.3 Å². The van der Waals surface area contributed by atoms with Crippen LogP contribution in [-0.2, 0) is 11.3 Å². The van der Waals surface area contributed by atoms with Crippen molar-refractivity contribution >= 4 is 29.1 Å². The van der Waals surface area contributed by atoms with Crippen molar-refractivity contribution in [1.82, 2.24) is 14.9 Å². The fraction of sp³-hybridized carbons (Fsp3) is 0.200. The molecule has 1 heterocycles. The number of aryl methyl sites for hydroxylation is 1. The summed E-state index contributed by atoms with van der Waals surface area (Å²) >= 11 is 0.954. The molecule has 0 bridgehead atoms. The van der Waals surface area contributed by atoms with E-state index >= 15 is 0 Å². The molecule has 2 aromatic carbocycles. The molecule has 3 rings (SSSR count). The van der Waals surface area contributed by atoms with Gasteiger partial charge in [0.15, 0.2) is 0 Å². The lowest BCUT2D eigenvalue weighted by atomic mass is 10.2. The summed E-state index contributed by atoms with van der Waals surface area (Å²) < 4.78 is 5.91. The summed E-state index contributed by atoms with van der Waals surface area (Å²) in [6.07, 6.45) is 2.43. The first-order valence-electron chi connectivity index (χ1n) is 10.6. The maximum absolute atomic E-state index is 13.2. The van der Waals surface area contributed by atoms with Crippen LogP contribution in [0.3, 0.4) is 0 Å². The molecule has 176 valence electrons. The van der Waals surface area contributed by atoms with Gasteiger partial charge in [0.25, 0.3) is 0 Å². The van der Waals surface area contributed by atoms with Crippen LogP contribution in [0.2, 0.25) is 0 Å². The molecule has 8 nitrogen and oxygen atoms in total. The Labute approximate surface area is 202 Å². The number of carbonyl (C=O) groups excluding carboxylic acids is 2. The molecular formula is C25H26N4O4S. The summed E-state index contributed by atoms with van der Waals surface area (Å²) in [5, 5.41) is 9.34. The van der Waals surface area contributed by atoms with E-state index < -0.39 is 0 Å². The van der Waals surface area contributed by atoms with Crippen molar-refractivity contribution in [1.29, 1.82) is 0 Å². The number of benzene rings is 2. The fourth-order valence-corrected chi connectivity index (χ4v) is 4.09. The van der Waals surface area contributed by atoms with Crippen molar-refractivity contribution in [2.75, 3.05) is 12.3 Å². The van der Waals surface area contributed by atoms with Crippen molar-refractivity contribution in [2.45, 2.75) is 26.8 Å². The summed E-state index contributed by atoms with van der Waals surface area (Å²) in [5.74, 6) is 1.85. The molecule has 1 aromatic heterocycles. The van der Waals surface area contributed by atoms with E-state index in [1.165, 1.54) is 4.90 Å². The lowest BCUT2D eigenvalue weighted by Crippen LogP contribution is -2.22. The zero-order valence-corrected chi connectivity index (χ0v) is 19.8. The van der Waals surface area contributed by atoms with Crippen LogP contribution < -0.4 is 10.5 Å². The van der Waals surface area contributed by atoms with Gasteiger partial charge in [0.2, 0.25) is 11.5 Å². The first kappa shape index (κ1) is 24.9. The molecule has 0 aliphatic heterocycles. The van der Waals surface area contributed by atoms with Crippen LogP contribution in [0.4, 0.5) is 5.82 Å². The fourth-order valence-electron chi connectivity index (χ4n) is 3.13. The van der Waals surface area contributed by atoms with Gasteiger partial charge < -0.3 is 20.5 Å². The normalized spacial score (nSPS) is 11.5. The average molecular weight is 479 g/mol. The monoisotopic (exact) mass is 478 g/mol. The Morgan fingerprint density at radius 2 is 1.88 bits per heavy atom. The second-order valence-corrected chi connectivity index (χ2v) is 8.41. The van der Waals surface area contributed by atoms with E-state index in [0.29, 0.717) is 45.5 Å². The van der Waals surface area contributed by atoms with Gasteiger partial charge in [0.05, 0.1) is 12.1 Å². The molecule has 0 spiro atoms. The van der Waals surface area contributed by atoms with E-state index in [1.54, 1.807) is 56.4 Å². The lowest BCUT2D eigenvalue weighted by molar-refractivity contribution is -0.116. The van der Waals surface area contributed by atoms with E-state index in [4.69, 9.17) is 10.5 Å². The number of para-hydroxylation sites is 2. The molecule has 3 aromatic rings. The van der Waals surface area contributed by atoms with Gasteiger partial charge in [0, 0.05) is 35.4 Å². The van der Waals surface area contributed by atoms with Crippen LogP contribution in [0, 0.1) is 6.92 Å². The summed E-state index contributed by atoms with van der Waals surface area (Å²) in [5.41, 5.74) is 7.47. The van der Waals surface area contributed by atoms with Gasteiger partial charge in [-0.25, -0.2) is 9.97 Å². The quantitative estimate of drug-likeness (QED) is 0.414.